The molecule has 3 aromatic rings. The van der Waals surface area contributed by atoms with Crippen molar-refractivity contribution in [1.82, 2.24) is 9.78 Å². The van der Waals surface area contributed by atoms with Gasteiger partial charge in [0.05, 0.1) is 29.4 Å². The summed E-state index contributed by atoms with van der Waals surface area (Å²) in [6.45, 7) is 2.28. The van der Waals surface area contributed by atoms with E-state index in [1.165, 1.54) is 6.07 Å². The summed E-state index contributed by atoms with van der Waals surface area (Å²) in [4.78, 5) is 25.3. The Balaban J connectivity index is 1.62. The predicted molar refractivity (Wildman–Crippen MR) is 120 cm³/mol. The molecular formula is C22H20Cl2N4O3. The zero-order valence-corrected chi connectivity index (χ0v) is 18.4. The molecule has 1 aromatic heterocycles. The third-order valence-corrected chi connectivity index (χ3v) is 5.58. The monoisotopic (exact) mass is 458 g/mol. The Morgan fingerprint density at radius 1 is 1.23 bits per heavy atom. The summed E-state index contributed by atoms with van der Waals surface area (Å²) in [5.74, 6) is -0.0988. The van der Waals surface area contributed by atoms with Crippen LogP contribution >= 0.6 is 23.2 Å². The molecule has 1 aliphatic heterocycles. The van der Waals surface area contributed by atoms with E-state index in [2.05, 4.69) is 15.7 Å². The van der Waals surface area contributed by atoms with Crippen molar-refractivity contribution >= 4 is 46.5 Å². The molecule has 1 unspecified atom stereocenters. The molecule has 1 atom stereocenters. The molecule has 2 heterocycles. The van der Waals surface area contributed by atoms with Crippen LogP contribution in [0.2, 0.25) is 10.0 Å². The van der Waals surface area contributed by atoms with Crippen LogP contribution in [0, 0.1) is 6.92 Å². The second-order valence-corrected chi connectivity index (χ2v) is 8.14. The SMILES string of the molecule is COCc1nn2c(c1-c1ccc(C)cc1)NC(=O)C2CC(=O)Nc1ccc(Cl)cc1Cl. The third-order valence-electron chi connectivity index (χ3n) is 5.03. The molecule has 1 aliphatic rings. The number of carbonyl (C=O) groups excluding carboxylic acids is 2. The second kappa shape index (κ2) is 8.70. The number of carbonyl (C=O) groups is 2. The molecule has 0 bridgehead atoms. The molecule has 4 rings (SSSR count). The minimum Gasteiger partial charge on any atom is -0.378 e. The number of fused-ring (bicyclic) bond motifs is 1. The van der Waals surface area contributed by atoms with Crippen molar-refractivity contribution in [3.05, 3.63) is 63.8 Å². The van der Waals surface area contributed by atoms with Gasteiger partial charge in [-0.05, 0) is 30.7 Å². The topological polar surface area (TPSA) is 85.2 Å². The van der Waals surface area contributed by atoms with Crippen molar-refractivity contribution in [2.45, 2.75) is 26.0 Å². The Bertz CT molecular complexity index is 1160. The van der Waals surface area contributed by atoms with Gasteiger partial charge in [-0.2, -0.15) is 5.10 Å². The van der Waals surface area contributed by atoms with E-state index in [0.717, 1.165) is 16.7 Å². The van der Waals surface area contributed by atoms with E-state index in [4.69, 9.17) is 27.9 Å². The molecule has 2 N–H and O–H groups in total. The smallest absolute Gasteiger partial charge is 0.251 e. The molecule has 0 saturated carbocycles. The number of benzene rings is 2. The quantitative estimate of drug-likeness (QED) is 0.553. The summed E-state index contributed by atoms with van der Waals surface area (Å²) in [6, 6.07) is 11.9. The Hall–Kier alpha value is -2.87. The van der Waals surface area contributed by atoms with Crippen LogP contribution in [0.1, 0.15) is 23.7 Å². The number of amides is 2. The van der Waals surface area contributed by atoms with Crippen LogP contribution in [0.5, 0.6) is 0 Å². The van der Waals surface area contributed by atoms with Gasteiger partial charge in [0, 0.05) is 17.7 Å². The maximum atomic E-state index is 12.7. The lowest BCUT2D eigenvalue weighted by atomic mass is 10.0. The fourth-order valence-electron chi connectivity index (χ4n) is 3.55. The lowest BCUT2D eigenvalue weighted by Crippen LogP contribution is -2.24. The molecule has 0 radical (unpaired) electrons. The van der Waals surface area contributed by atoms with E-state index in [1.54, 1.807) is 23.9 Å². The second-order valence-electron chi connectivity index (χ2n) is 7.30. The van der Waals surface area contributed by atoms with Gasteiger partial charge in [-0.15, -0.1) is 0 Å². The Kier molecular flexibility index (Phi) is 6.00. The normalized spacial score (nSPS) is 15.0. The minimum atomic E-state index is -0.782. The lowest BCUT2D eigenvalue weighted by Gasteiger charge is -2.11. The average molecular weight is 459 g/mol. The highest BCUT2D eigenvalue weighted by molar-refractivity contribution is 6.36. The number of nitrogens with zero attached hydrogens (tertiary/aromatic N) is 2. The Labute approximate surface area is 189 Å². The van der Waals surface area contributed by atoms with Gasteiger partial charge in [0.1, 0.15) is 11.9 Å². The molecule has 2 aromatic carbocycles. The van der Waals surface area contributed by atoms with Crippen molar-refractivity contribution in [2.24, 2.45) is 0 Å². The van der Waals surface area contributed by atoms with Crippen LogP contribution < -0.4 is 10.6 Å². The fourth-order valence-corrected chi connectivity index (χ4v) is 4.00. The van der Waals surface area contributed by atoms with Gasteiger partial charge in [-0.3, -0.25) is 9.59 Å². The van der Waals surface area contributed by atoms with Crippen molar-refractivity contribution in [1.29, 1.82) is 0 Å². The van der Waals surface area contributed by atoms with Crippen LogP contribution in [0.15, 0.2) is 42.5 Å². The van der Waals surface area contributed by atoms with Crippen molar-refractivity contribution in [2.75, 3.05) is 17.7 Å². The van der Waals surface area contributed by atoms with E-state index in [1.807, 2.05) is 31.2 Å². The van der Waals surface area contributed by atoms with Crippen molar-refractivity contribution < 1.29 is 14.3 Å². The van der Waals surface area contributed by atoms with Crippen LogP contribution in [0.3, 0.4) is 0 Å². The van der Waals surface area contributed by atoms with E-state index in [9.17, 15) is 9.59 Å². The van der Waals surface area contributed by atoms with Gasteiger partial charge in [0.15, 0.2) is 0 Å². The van der Waals surface area contributed by atoms with Gasteiger partial charge in [-0.1, -0.05) is 53.0 Å². The lowest BCUT2D eigenvalue weighted by molar-refractivity contribution is -0.123. The van der Waals surface area contributed by atoms with E-state index < -0.39 is 6.04 Å². The first-order valence-corrected chi connectivity index (χ1v) is 10.4. The summed E-state index contributed by atoms with van der Waals surface area (Å²) >= 11 is 12.0. The predicted octanol–water partition coefficient (Wildman–Crippen LogP) is 4.83. The minimum absolute atomic E-state index is 0.0980. The summed E-state index contributed by atoms with van der Waals surface area (Å²) in [7, 11) is 1.59. The molecule has 7 nitrogen and oxygen atoms in total. The molecule has 0 saturated heterocycles. The number of aryl methyl sites for hydroxylation is 1. The number of rotatable bonds is 6. The molecule has 0 aliphatic carbocycles. The number of hydrogen-bond acceptors (Lipinski definition) is 4. The fraction of sp³-hybridized carbons (Fsp3) is 0.227. The van der Waals surface area contributed by atoms with Crippen LogP contribution in [0.4, 0.5) is 11.5 Å². The number of methoxy groups -OCH3 is 1. The largest absolute Gasteiger partial charge is 0.378 e. The maximum absolute atomic E-state index is 12.7. The first-order valence-electron chi connectivity index (χ1n) is 9.60. The molecular weight excluding hydrogens is 439 g/mol. The number of ether oxygens (including phenoxy) is 1. The first-order chi connectivity index (χ1) is 14.9. The molecule has 0 spiro atoms. The van der Waals surface area contributed by atoms with E-state index in [0.29, 0.717) is 27.2 Å². The zero-order valence-electron chi connectivity index (χ0n) is 16.9. The maximum Gasteiger partial charge on any atom is 0.251 e. The van der Waals surface area contributed by atoms with Gasteiger partial charge in [-0.25, -0.2) is 4.68 Å². The number of hydrogen-bond donors (Lipinski definition) is 2. The molecule has 31 heavy (non-hydrogen) atoms. The highest BCUT2D eigenvalue weighted by Crippen LogP contribution is 2.39. The number of anilines is 2. The Morgan fingerprint density at radius 3 is 2.65 bits per heavy atom. The first kappa shape index (κ1) is 21.4. The Morgan fingerprint density at radius 2 is 1.97 bits per heavy atom. The summed E-state index contributed by atoms with van der Waals surface area (Å²) in [5.41, 5.74) is 3.94. The zero-order chi connectivity index (χ0) is 22.1. The van der Waals surface area contributed by atoms with Crippen LogP contribution in [0.25, 0.3) is 11.1 Å². The summed E-state index contributed by atoms with van der Waals surface area (Å²) in [6.07, 6.45) is -0.0980. The molecule has 9 heteroatoms. The molecule has 0 fully saturated rings. The summed E-state index contributed by atoms with van der Waals surface area (Å²) in [5, 5.41) is 11.0. The van der Waals surface area contributed by atoms with Crippen molar-refractivity contribution in [3.63, 3.8) is 0 Å². The molecule has 160 valence electrons. The van der Waals surface area contributed by atoms with E-state index >= 15 is 0 Å². The van der Waals surface area contributed by atoms with Crippen LogP contribution in [-0.2, 0) is 20.9 Å². The third kappa shape index (κ3) is 4.30. The van der Waals surface area contributed by atoms with Gasteiger partial charge >= 0.3 is 0 Å². The number of nitrogens with one attached hydrogen (secondary N) is 2. The highest BCUT2D eigenvalue weighted by atomic mass is 35.5. The van der Waals surface area contributed by atoms with E-state index in [-0.39, 0.29) is 24.8 Å². The standard InChI is InChI=1S/C22H20Cl2N4O3/c1-12-3-5-13(6-4-12)20-17(11-31-2)27-28-18(22(30)26-21(20)28)10-19(29)25-16-8-7-14(23)9-15(16)24/h3-9,18H,10-11H2,1-2H3,(H,25,29)(H,26,30). The summed E-state index contributed by atoms with van der Waals surface area (Å²) < 4.78 is 6.87. The van der Waals surface area contributed by atoms with Gasteiger partial charge < -0.3 is 15.4 Å². The number of aromatic nitrogens is 2. The van der Waals surface area contributed by atoms with Gasteiger partial charge in [0.25, 0.3) is 5.91 Å². The van der Waals surface area contributed by atoms with Gasteiger partial charge in [0.2, 0.25) is 5.91 Å². The highest BCUT2D eigenvalue weighted by Gasteiger charge is 2.37. The molecule has 2 amide bonds. The average Bonchev–Trinajstić information content (AvgIpc) is 3.20. The van der Waals surface area contributed by atoms with Crippen LogP contribution in [-0.4, -0.2) is 28.7 Å². The van der Waals surface area contributed by atoms with Crippen molar-refractivity contribution in [3.8, 4) is 11.1 Å². The number of halogens is 2.